The molecule has 1 aliphatic rings. The molecule has 4 aromatic rings. The molecule has 0 radical (unpaired) electrons. The topological polar surface area (TPSA) is 96.0 Å². The summed E-state index contributed by atoms with van der Waals surface area (Å²) in [4.78, 5) is 29.0. The van der Waals surface area contributed by atoms with Crippen molar-refractivity contribution in [2.75, 3.05) is 25.0 Å². The Morgan fingerprint density at radius 2 is 2.00 bits per heavy atom. The second-order valence-corrected chi connectivity index (χ2v) is 7.95. The number of hydrogen-bond donors (Lipinski definition) is 2. The maximum atomic E-state index is 11.8. The number of benzene rings is 2. The van der Waals surface area contributed by atoms with E-state index in [4.69, 9.17) is 16.3 Å². The summed E-state index contributed by atoms with van der Waals surface area (Å²) in [6.07, 6.45) is 4.59. The SMILES string of the molecule is O=CN1CCc2c([nH]c3ccc(Cl)cc23)C1c1ccc(OCCNc2ncncn2)cc1. The van der Waals surface area contributed by atoms with Crippen LogP contribution in [0.3, 0.4) is 0 Å². The van der Waals surface area contributed by atoms with Gasteiger partial charge in [-0.1, -0.05) is 23.7 Å². The molecule has 5 rings (SSSR count). The summed E-state index contributed by atoms with van der Waals surface area (Å²) in [5, 5.41) is 4.90. The molecular weight excluding hydrogens is 428 g/mol. The number of carbonyl (C=O) groups is 1. The van der Waals surface area contributed by atoms with E-state index < -0.39 is 0 Å². The van der Waals surface area contributed by atoms with E-state index in [1.165, 1.54) is 18.2 Å². The number of hydrogen-bond acceptors (Lipinski definition) is 6. The van der Waals surface area contributed by atoms with Crippen molar-refractivity contribution in [3.8, 4) is 5.75 Å². The van der Waals surface area contributed by atoms with Gasteiger partial charge in [0, 0.05) is 28.2 Å². The van der Waals surface area contributed by atoms with E-state index in [0.29, 0.717) is 30.7 Å². The lowest BCUT2D eigenvalue weighted by molar-refractivity contribution is -0.120. The maximum absolute atomic E-state index is 11.8. The van der Waals surface area contributed by atoms with E-state index in [0.717, 1.165) is 40.7 Å². The highest BCUT2D eigenvalue weighted by Crippen LogP contribution is 2.38. The number of nitrogens with zero attached hydrogens (tertiary/aromatic N) is 4. The smallest absolute Gasteiger partial charge is 0.225 e. The van der Waals surface area contributed by atoms with Crippen molar-refractivity contribution in [3.05, 3.63) is 77.0 Å². The molecule has 32 heavy (non-hydrogen) atoms. The van der Waals surface area contributed by atoms with Crippen molar-refractivity contribution in [2.24, 2.45) is 0 Å². The Morgan fingerprint density at radius 3 is 2.78 bits per heavy atom. The third kappa shape index (κ3) is 3.97. The van der Waals surface area contributed by atoms with Crippen LogP contribution in [0.4, 0.5) is 5.95 Å². The zero-order valence-electron chi connectivity index (χ0n) is 17.2. The van der Waals surface area contributed by atoms with Crippen LogP contribution in [-0.2, 0) is 11.2 Å². The molecule has 9 heteroatoms. The van der Waals surface area contributed by atoms with Gasteiger partial charge in [0.25, 0.3) is 0 Å². The number of aromatic amines is 1. The molecule has 1 aliphatic heterocycles. The maximum Gasteiger partial charge on any atom is 0.225 e. The Bertz CT molecular complexity index is 1230. The van der Waals surface area contributed by atoms with Crippen LogP contribution in [0.1, 0.15) is 22.9 Å². The van der Waals surface area contributed by atoms with E-state index in [9.17, 15) is 4.79 Å². The zero-order chi connectivity index (χ0) is 21.9. The summed E-state index contributed by atoms with van der Waals surface area (Å²) in [6.45, 7) is 1.68. The number of halogens is 1. The molecule has 1 unspecified atom stereocenters. The Kier molecular flexibility index (Phi) is 5.60. The lowest BCUT2D eigenvalue weighted by Crippen LogP contribution is -2.34. The predicted octanol–water partition coefficient (Wildman–Crippen LogP) is 3.60. The van der Waals surface area contributed by atoms with Gasteiger partial charge in [-0.3, -0.25) is 4.79 Å². The van der Waals surface area contributed by atoms with Gasteiger partial charge < -0.3 is 19.9 Å². The molecule has 2 aromatic carbocycles. The summed E-state index contributed by atoms with van der Waals surface area (Å²) in [5.41, 5.74) is 4.31. The number of amides is 1. The third-order valence-electron chi connectivity index (χ3n) is 5.60. The molecule has 0 saturated heterocycles. The van der Waals surface area contributed by atoms with Crippen LogP contribution in [0.2, 0.25) is 5.02 Å². The van der Waals surface area contributed by atoms with Crippen LogP contribution in [-0.4, -0.2) is 50.9 Å². The van der Waals surface area contributed by atoms with Gasteiger partial charge in [-0.15, -0.1) is 0 Å². The molecule has 2 aromatic heterocycles. The van der Waals surface area contributed by atoms with Crippen LogP contribution in [0.15, 0.2) is 55.1 Å². The number of H-pyrrole nitrogens is 1. The van der Waals surface area contributed by atoms with Crippen LogP contribution in [0.5, 0.6) is 5.75 Å². The van der Waals surface area contributed by atoms with Gasteiger partial charge in [-0.2, -0.15) is 0 Å². The molecule has 0 aliphatic carbocycles. The fourth-order valence-corrected chi connectivity index (χ4v) is 4.33. The second-order valence-electron chi connectivity index (χ2n) is 7.51. The Morgan fingerprint density at radius 1 is 1.19 bits per heavy atom. The number of anilines is 1. The molecule has 3 heterocycles. The van der Waals surface area contributed by atoms with Gasteiger partial charge in [0.15, 0.2) is 0 Å². The Hall–Kier alpha value is -3.65. The number of carbonyl (C=O) groups excluding carboxylic acids is 1. The third-order valence-corrected chi connectivity index (χ3v) is 5.84. The zero-order valence-corrected chi connectivity index (χ0v) is 17.9. The van der Waals surface area contributed by atoms with E-state index in [-0.39, 0.29) is 6.04 Å². The number of ether oxygens (including phenoxy) is 1. The van der Waals surface area contributed by atoms with Gasteiger partial charge in [-0.25, -0.2) is 15.0 Å². The highest BCUT2D eigenvalue weighted by atomic mass is 35.5. The number of nitrogens with one attached hydrogen (secondary N) is 2. The molecule has 1 amide bonds. The largest absolute Gasteiger partial charge is 0.492 e. The lowest BCUT2D eigenvalue weighted by Gasteiger charge is -2.33. The average molecular weight is 449 g/mol. The van der Waals surface area contributed by atoms with E-state index in [2.05, 4.69) is 25.3 Å². The van der Waals surface area contributed by atoms with Crippen LogP contribution in [0, 0.1) is 0 Å². The van der Waals surface area contributed by atoms with Crippen LogP contribution in [0.25, 0.3) is 10.9 Å². The predicted molar refractivity (Wildman–Crippen MR) is 122 cm³/mol. The van der Waals surface area contributed by atoms with E-state index in [1.807, 2.05) is 47.4 Å². The summed E-state index contributed by atoms with van der Waals surface area (Å²) in [5.74, 6) is 1.27. The van der Waals surface area contributed by atoms with Crippen molar-refractivity contribution in [2.45, 2.75) is 12.5 Å². The summed E-state index contributed by atoms with van der Waals surface area (Å²) < 4.78 is 5.81. The number of fused-ring (bicyclic) bond motifs is 3. The van der Waals surface area contributed by atoms with Crippen LogP contribution < -0.4 is 10.1 Å². The molecule has 1 atom stereocenters. The van der Waals surface area contributed by atoms with Gasteiger partial charge >= 0.3 is 0 Å². The van der Waals surface area contributed by atoms with Gasteiger partial charge in [0.1, 0.15) is 25.0 Å². The highest BCUT2D eigenvalue weighted by Gasteiger charge is 2.31. The Labute approximate surface area is 189 Å². The summed E-state index contributed by atoms with van der Waals surface area (Å²) in [6, 6.07) is 13.5. The van der Waals surface area contributed by atoms with E-state index in [1.54, 1.807) is 0 Å². The van der Waals surface area contributed by atoms with Crippen molar-refractivity contribution in [1.82, 2.24) is 24.8 Å². The first-order chi connectivity index (χ1) is 15.7. The average Bonchev–Trinajstić information content (AvgIpc) is 3.20. The molecule has 162 valence electrons. The second kappa shape index (κ2) is 8.84. The van der Waals surface area contributed by atoms with Gasteiger partial charge in [-0.05, 0) is 47.9 Å². The van der Waals surface area contributed by atoms with Crippen LogP contribution >= 0.6 is 11.6 Å². The molecule has 0 spiro atoms. The summed E-state index contributed by atoms with van der Waals surface area (Å²) in [7, 11) is 0. The minimum Gasteiger partial charge on any atom is -0.492 e. The number of rotatable bonds is 7. The van der Waals surface area contributed by atoms with Crippen molar-refractivity contribution in [1.29, 1.82) is 0 Å². The molecule has 0 saturated carbocycles. The summed E-state index contributed by atoms with van der Waals surface area (Å²) >= 11 is 6.22. The molecule has 0 bridgehead atoms. The first-order valence-corrected chi connectivity index (χ1v) is 10.7. The first-order valence-electron chi connectivity index (χ1n) is 10.3. The fourth-order valence-electron chi connectivity index (χ4n) is 4.16. The van der Waals surface area contributed by atoms with Crippen molar-refractivity contribution >= 4 is 34.9 Å². The van der Waals surface area contributed by atoms with Gasteiger partial charge in [0.05, 0.1) is 12.6 Å². The standard InChI is InChI=1S/C23H21ClN6O2/c24-16-3-6-20-19(11-16)18-7-9-30(14-31)22(21(18)29-20)15-1-4-17(5-2-15)32-10-8-26-23-27-12-25-13-28-23/h1-6,11-14,22,29H,7-10H2,(H,25,26,27,28). The molecule has 8 nitrogen and oxygen atoms in total. The minimum absolute atomic E-state index is 0.179. The Balaban J connectivity index is 1.32. The molecular formula is C23H21ClN6O2. The lowest BCUT2D eigenvalue weighted by atomic mass is 9.93. The fraction of sp³-hybridized carbons (Fsp3) is 0.217. The normalized spacial score (nSPS) is 15.4. The first kappa shape index (κ1) is 20.3. The van der Waals surface area contributed by atoms with Crippen molar-refractivity contribution in [3.63, 3.8) is 0 Å². The molecule has 0 fully saturated rings. The quantitative estimate of drug-likeness (QED) is 0.331. The van der Waals surface area contributed by atoms with Crippen molar-refractivity contribution < 1.29 is 9.53 Å². The van der Waals surface area contributed by atoms with Gasteiger partial charge in [0.2, 0.25) is 12.4 Å². The number of aromatic nitrogens is 4. The minimum atomic E-state index is -0.179. The monoisotopic (exact) mass is 448 g/mol. The highest BCUT2D eigenvalue weighted by molar-refractivity contribution is 6.31. The van der Waals surface area contributed by atoms with E-state index >= 15 is 0 Å². The molecule has 2 N–H and O–H groups in total.